The van der Waals surface area contributed by atoms with Gasteiger partial charge in [-0.05, 0) is 0 Å². The summed E-state index contributed by atoms with van der Waals surface area (Å²) in [6.45, 7) is 0. The third-order valence-corrected chi connectivity index (χ3v) is 7.49. The van der Waals surface area contributed by atoms with Crippen molar-refractivity contribution in [2.75, 3.05) is 0 Å². The summed E-state index contributed by atoms with van der Waals surface area (Å²) in [5.74, 6) is 0. The van der Waals surface area contributed by atoms with Crippen LogP contribution in [0.2, 0.25) is 0 Å². The second-order valence-electron chi connectivity index (χ2n) is 1.91. The van der Waals surface area contributed by atoms with Gasteiger partial charge in [0, 0.05) is 0 Å². The van der Waals surface area contributed by atoms with Crippen molar-refractivity contribution in [1.82, 2.24) is 0 Å². The molecule has 10 heavy (non-hydrogen) atoms. The molecular formula is C6H3Br2ClHg. The van der Waals surface area contributed by atoms with E-state index in [-0.39, 0.29) is 0 Å². The van der Waals surface area contributed by atoms with Crippen molar-refractivity contribution in [2.24, 2.45) is 0 Å². The Morgan fingerprint density at radius 2 is 1.60 bits per heavy atom. The molecule has 4 heteroatoms. The van der Waals surface area contributed by atoms with Crippen molar-refractivity contribution >= 4 is 43.2 Å². The van der Waals surface area contributed by atoms with Crippen molar-refractivity contribution in [1.29, 1.82) is 0 Å². The van der Waals surface area contributed by atoms with Crippen molar-refractivity contribution in [3.8, 4) is 0 Å². The van der Waals surface area contributed by atoms with Crippen molar-refractivity contribution < 1.29 is 23.3 Å². The standard InChI is InChI=1S/C6H3Br2.ClH.Hg/c7-5-2-1-3-6(8)4-5;;/h2-4H;1H;/q;;+1/p-1. The van der Waals surface area contributed by atoms with Crippen LogP contribution in [-0.4, -0.2) is 0 Å². The van der Waals surface area contributed by atoms with Gasteiger partial charge < -0.3 is 0 Å². The summed E-state index contributed by atoms with van der Waals surface area (Å²) in [7, 11) is 5.85. The van der Waals surface area contributed by atoms with E-state index in [0.29, 0.717) is 0 Å². The Kier molecular flexibility index (Phi) is 4.21. The summed E-state index contributed by atoms with van der Waals surface area (Å²) in [5.41, 5.74) is 0. The van der Waals surface area contributed by atoms with Crippen LogP contribution in [0.1, 0.15) is 0 Å². The summed E-state index contributed by atoms with van der Waals surface area (Å²) >= 11 is 5.61. The zero-order valence-electron chi connectivity index (χ0n) is 5.07. The molecule has 0 spiro atoms. The molecule has 0 saturated heterocycles. The van der Waals surface area contributed by atoms with Crippen LogP contribution in [0.4, 0.5) is 0 Å². The molecular weight excluding hydrogens is 468 g/mol. The molecule has 0 atom stereocenters. The zero-order chi connectivity index (χ0) is 7.56. The summed E-state index contributed by atoms with van der Waals surface area (Å²) < 4.78 is 3.55. The van der Waals surface area contributed by atoms with Gasteiger partial charge in [-0.25, -0.2) is 0 Å². The predicted octanol–water partition coefficient (Wildman–Crippen LogP) is 3.07. The SMILES string of the molecule is [Cl][Hg][c]1cc(Br)cc(Br)c1. The monoisotopic (exact) mass is 470 g/mol. The Labute approximate surface area is 92.5 Å². The third-order valence-electron chi connectivity index (χ3n) is 1.08. The molecule has 0 nitrogen and oxygen atoms in total. The van der Waals surface area contributed by atoms with E-state index in [0.717, 1.165) is 8.95 Å². The van der Waals surface area contributed by atoms with Crippen LogP contribution in [0.5, 0.6) is 0 Å². The summed E-state index contributed by atoms with van der Waals surface area (Å²) in [6, 6.07) is 6.21. The Morgan fingerprint density at radius 3 is 2.00 bits per heavy atom. The fourth-order valence-corrected chi connectivity index (χ4v) is 8.06. The van der Waals surface area contributed by atoms with Crippen LogP contribution in [0.15, 0.2) is 27.1 Å². The first-order valence-electron chi connectivity index (χ1n) is 2.73. The molecule has 1 rings (SSSR count). The molecule has 0 aliphatic heterocycles. The first-order chi connectivity index (χ1) is 4.72. The molecule has 0 aliphatic rings. The summed E-state index contributed by atoms with van der Waals surface area (Å²) in [6.07, 6.45) is 0. The second kappa shape index (κ2) is 4.44. The molecule has 1 aromatic carbocycles. The summed E-state index contributed by atoms with van der Waals surface area (Å²) in [5, 5.41) is 0. The molecule has 0 amide bonds. The first-order valence-corrected chi connectivity index (χ1v) is 13.8. The topological polar surface area (TPSA) is 0 Å². The number of hydrogen-bond acceptors (Lipinski definition) is 0. The minimum atomic E-state index is -1.20. The minimum absolute atomic E-state index is 1.11. The van der Waals surface area contributed by atoms with E-state index in [2.05, 4.69) is 44.0 Å². The molecule has 0 radical (unpaired) electrons. The first kappa shape index (κ1) is 9.49. The van der Waals surface area contributed by atoms with Gasteiger partial charge in [-0.3, -0.25) is 0 Å². The molecule has 0 bridgehead atoms. The normalized spacial score (nSPS) is 9.10. The quantitative estimate of drug-likeness (QED) is 0.553. The molecule has 0 saturated carbocycles. The van der Waals surface area contributed by atoms with E-state index in [1.165, 1.54) is 3.07 Å². The number of benzene rings is 1. The molecule has 0 heterocycles. The van der Waals surface area contributed by atoms with Gasteiger partial charge in [0.15, 0.2) is 0 Å². The Bertz CT molecular complexity index is 219. The van der Waals surface area contributed by atoms with Gasteiger partial charge in [0.2, 0.25) is 0 Å². The molecule has 50 valence electrons. The average Bonchev–Trinajstić information content (AvgIpc) is 1.85. The molecule has 0 aliphatic carbocycles. The number of hydrogen-bond donors (Lipinski definition) is 0. The molecule has 0 N–H and O–H groups in total. The maximum atomic E-state index is 5.85. The van der Waals surface area contributed by atoms with Crippen LogP contribution in [0, 0.1) is 0 Å². The van der Waals surface area contributed by atoms with Crippen LogP contribution < -0.4 is 3.07 Å². The predicted molar refractivity (Wildman–Crippen MR) is 47.3 cm³/mol. The number of rotatable bonds is 1. The van der Waals surface area contributed by atoms with E-state index in [4.69, 9.17) is 8.25 Å². The third kappa shape index (κ3) is 2.80. The molecule has 0 fully saturated rings. The van der Waals surface area contributed by atoms with Crippen molar-refractivity contribution in [2.45, 2.75) is 0 Å². The van der Waals surface area contributed by atoms with Crippen LogP contribution in [0.3, 0.4) is 0 Å². The summed E-state index contributed by atoms with van der Waals surface area (Å²) in [4.78, 5) is 0. The van der Waals surface area contributed by atoms with Crippen LogP contribution >= 0.6 is 40.1 Å². The average molecular weight is 471 g/mol. The van der Waals surface area contributed by atoms with Gasteiger partial charge >= 0.3 is 93.7 Å². The van der Waals surface area contributed by atoms with Gasteiger partial charge in [-0.2, -0.15) is 0 Å². The fraction of sp³-hybridized carbons (Fsp3) is 0. The van der Waals surface area contributed by atoms with Gasteiger partial charge in [0.05, 0.1) is 0 Å². The van der Waals surface area contributed by atoms with Gasteiger partial charge in [0.1, 0.15) is 0 Å². The van der Waals surface area contributed by atoms with Crippen molar-refractivity contribution in [3.05, 3.63) is 27.1 Å². The molecule has 0 aromatic heterocycles. The van der Waals surface area contributed by atoms with Crippen molar-refractivity contribution in [3.63, 3.8) is 0 Å². The van der Waals surface area contributed by atoms with E-state index in [1.807, 2.05) is 6.07 Å². The second-order valence-corrected chi connectivity index (χ2v) is 10.3. The van der Waals surface area contributed by atoms with Crippen LogP contribution in [0.25, 0.3) is 0 Å². The number of halogens is 3. The van der Waals surface area contributed by atoms with Gasteiger partial charge in [-0.1, -0.05) is 0 Å². The van der Waals surface area contributed by atoms with Crippen LogP contribution in [-0.2, 0) is 23.3 Å². The Morgan fingerprint density at radius 1 is 1.10 bits per heavy atom. The zero-order valence-corrected chi connectivity index (χ0v) is 14.5. The maximum absolute atomic E-state index is 5.85. The molecule has 1 aromatic rings. The van der Waals surface area contributed by atoms with E-state index in [1.54, 1.807) is 0 Å². The van der Waals surface area contributed by atoms with E-state index in [9.17, 15) is 0 Å². The van der Waals surface area contributed by atoms with E-state index < -0.39 is 23.3 Å². The Hall–Kier alpha value is 1.41. The van der Waals surface area contributed by atoms with Gasteiger partial charge in [0.25, 0.3) is 0 Å². The Balaban J connectivity index is 3.06. The molecule has 0 unspecified atom stereocenters. The van der Waals surface area contributed by atoms with E-state index >= 15 is 0 Å². The fourth-order valence-electron chi connectivity index (χ4n) is 0.688. The van der Waals surface area contributed by atoms with Gasteiger partial charge in [-0.15, -0.1) is 0 Å².